The number of thiazole rings is 1. The summed E-state index contributed by atoms with van der Waals surface area (Å²) in [4.78, 5) is 29.8. The van der Waals surface area contributed by atoms with E-state index in [2.05, 4.69) is 15.0 Å². The molecule has 2 aliphatic rings. The molecule has 0 radical (unpaired) electrons. The highest BCUT2D eigenvalue weighted by molar-refractivity contribution is 7.15. The molecule has 1 aliphatic carbocycles. The van der Waals surface area contributed by atoms with Crippen LogP contribution < -0.4 is 5.73 Å². The lowest BCUT2D eigenvalue weighted by molar-refractivity contribution is 0.100. The summed E-state index contributed by atoms with van der Waals surface area (Å²) in [6.07, 6.45) is 8.72. The van der Waals surface area contributed by atoms with Crippen LogP contribution in [0.1, 0.15) is 53.0 Å². The van der Waals surface area contributed by atoms with Crippen molar-refractivity contribution in [1.29, 1.82) is 0 Å². The third-order valence-corrected chi connectivity index (χ3v) is 6.52. The highest BCUT2D eigenvalue weighted by Gasteiger charge is 2.41. The summed E-state index contributed by atoms with van der Waals surface area (Å²) >= 11 is 1.24. The van der Waals surface area contributed by atoms with Gasteiger partial charge >= 0.3 is 0 Å². The second kappa shape index (κ2) is 7.94. The van der Waals surface area contributed by atoms with Gasteiger partial charge in [0.05, 0.1) is 24.1 Å². The Morgan fingerprint density at radius 3 is 2.86 bits per heavy atom. The van der Waals surface area contributed by atoms with Crippen LogP contribution in [0, 0.1) is 5.82 Å². The zero-order valence-electron chi connectivity index (χ0n) is 16.2. The number of amides is 1. The summed E-state index contributed by atoms with van der Waals surface area (Å²) in [6, 6.07) is 3.09. The Morgan fingerprint density at radius 2 is 2.21 bits per heavy atom. The van der Waals surface area contributed by atoms with Crippen molar-refractivity contribution in [3.8, 4) is 0 Å². The van der Waals surface area contributed by atoms with Crippen molar-refractivity contribution >= 4 is 28.7 Å². The number of hydrogen-bond donors (Lipinski definition) is 1. The van der Waals surface area contributed by atoms with Gasteiger partial charge in [-0.15, -0.1) is 11.3 Å². The van der Waals surface area contributed by atoms with Crippen LogP contribution >= 0.6 is 11.3 Å². The van der Waals surface area contributed by atoms with Gasteiger partial charge in [0.2, 0.25) is 0 Å². The fraction of sp³-hybridized carbons (Fsp3) is 0.381. The number of allylic oxidation sites excluding steroid dienone is 2. The van der Waals surface area contributed by atoms with E-state index in [0.29, 0.717) is 35.1 Å². The van der Waals surface area contributed by atoms with E-state index >= 15 is 0 Å². The van der Waals surface area contributed by atoms with E-state index in [0.717, 1.165) is 36.3 Å². The highest BCUT2D eigenvalue weighted by atomic mass is 32.1. The lowest BCUT2D eigenvalue weighted by Gasteiger charge is -2.40. The van der Waals surface area contributed by atoms with Crippen LogP contribution in [0.4, 0.5) is 4.39 Å². The molecule has 2 aromatic heterocycles. The van der Waals surface area contributed by atoms with Crippen molar-refractivity contribution in [2.75, 3.05) is 13.1 Å². The van der Waals surface area contributed by atoms with Gasteiger partial charge in [0.15, 0.2) is 0 Å². The van der Waals surface area contributed by atoms with E-state index in [4.69, 9.17) is 10.7 Å². The molecule has 150 valence electrons. The van der Waals surface area contributed by atoms with Crippen LogP contribution in [0.5, 0.6) is 0 Å². The average molecular weight is 412 g/mol. The first-order chi connectivity index (χ1) is 14.0. The molecule has 0 saturated heterocycles. The number of hydrogen-bond acceptors (Lipinski definition) is 6. The molecule has 0 aromatic carbocycles. The van der Waals surface area contributed by atoms with Gasteiger partial charge in [-0.1, -0.05) is 6.42 Å². The second-order valence-electron chi connectivity index (χ2n) is 7.48. The minimum Gasteiger partial charge on any atom is -0.365 e. The van der Waals surface area contributed by atoms with Crippen molar-refractivity contribution < 1.29 is 9.18 Å². The number of carbonyl (C=O) groups is 1. The third kappa shape index (κ3) is 3.89. The van der Waals surface area contributed by atoms with Gasteiger partial charge in [-0.2, -0.15) is 0 Å². The Bertz CT molecular complexity index is 1040. The van der Waals surface area contributed by atoms with E-state index < -0.39 is 5.91 Å². The van der Waals surface area contributed by atoms with E-state index in [1.54, 1.807) is 12.3 Å². The van der Waals surface area contributed by atoms with E-state index in [9.17, 15) is 9.18 Å². The monoisotopic (exact) mass is 411 g/mol. The molecule has 6 nitrogen and oxygen atoms in total. The van der Waals surface area contributed by atoms with Crippen LogP contribution in [0.2, 0.25) is 0 Å². The number of primary amides is 1. The van der Waals surface area contributed by atoms with Crippen LogP contribution in [0.15, 0.2) is 46.2 Å². The van der Waals surface area contributed by atoms with Gasteiger partial charge in [0, 0.05) is 30.3 Å². The number of carbonyl (C=O) groups excluding carboxylic acids is 1. The lowest BCUT2D eigenvalue weighted by Crippen LogP contribution is -2.39. The fourth-order valence-electron chi connectivity index (χ4n) is 3.76. The smallest absolute Gasteiger partial charge is 0.260 e. The minimum absolute atomic E-state index is 0.250. The van der Waals surface area contributed by atoms with Crippen molar-refractivity contribution in [2.45, 2.75) is 38.0 Å². The molecule has 2 aromatic rings. The molecule has 0 spiro atoms. The minimum atomic E-state index is -0.487. The van der Waals surface area contributed by atoms with Gasteiger partial charge in [-0.05, 0) is 43.5 Å². The first-order valence-electron chi connectivity index (χ1n) is 9.62. The molecule has 0 bridgehead atoms. The van der Waals surface area contributed by atoms with Crippen LogP contribution in [0.25, 0.3) is 0 Å². The normalized spacial score (nSPS) is 19.9. The predicted molar refractivity (Wildman–Crippen MR) is 112 cm³/mol. The van der Waals surface area contributed by atoms with Crippen molar-refractivity contribution in [3.63, 3.8) is 0 Å². The summed E-state index contributed by atoms with van der Waals surface area (Å²) in [5.41, 5.74) is 8.20. The summed E-state index contributed by atoms with van der Waals surface area (Å²) in [5, 5.41) is 0.680. The van der Waals surface area contributed by atoms with Crippen LogP contribution in [-0.2, 0) is 5.41 Å². The van der Waals surface area contributed by atoms with Gasteiger partial charge < -0.3 is 5.73 Å². The van der Waals surface area contributed by atoms with E-state index in [-0.39, 0.29) is 11.2 Å². The molecule has 8 heteroatoms. The maximum absolute atomic E-state index is 14.3. The molecule has 3 heterocycles. The van der Waals surface area contributed by atoms with Gasteiger partial charge in [0.25, 0.3) is 5.91 Å². The Balaban J connectivity index is 1.55. The van der Waals surface area contributed by atoms with Gasteiger partial charge in [-0.3, -0.25) is 19.8 Å². The summed E-state index contributed by atoms with van der Waals surface area (Å²) in [7, 11) is 0. The Hall–Kier alpha value is -2.74. The first-order valence-corrected chi connectivity index (χ1v) is 10.4. The zero-order valence-corrected chi connectivity index (χ0v) is 17.0. The second-order valence-corrected chi connectivity index (χ2v) is 8.51. The average Bonchev–Trinajstić information content (AvgIpc) is 3.07. The summed E-state index contributed by atoms with van der Waals surface area (Å²) in [6.45, 7) is 3.07. The molecular formula is C21H22FN5OS. The quantitative estimate of drug-likeness (QED) is 0.816. The van der Waals surface area contributed by atoms with Crippen molar-refractivity contribution in [1.82, 2.24) is 9.97 Å². The molecule has 0 unspecified atom stereocenters. The number of nitrogens with two attached hydrogens (primary N) is 1. The van der Waals surface area contributed by atoms with Crippen molar-refractivity contribution in [3.05, 3.63) is 57.6 Å². The molecule has 1 aliphatic heterocycles. The lowest BCUT2D eigenvalue weighted by atomic mass is 9.66. The molecule has 29 heavy (non-hydrogen) atoms. The third-order valence-electron chi connectivity index (χ3n) is 5.50. The predicted octanol–water partition coefficient (Wildman–Crippen LogP) is 3.48. The number of pyridine rings is 1. The highest BCUT2D eigenvalue weighted by Crippen LogP contribution is 2.44. The number of aliphatic imine (C=N–C) groups is 2. The Morgan fingerprint density at radius 1 is 1.38 bits per heavy atom. The van der Waals surface area contributed by atoms with Crippen LogP contribution in [0.3, 0.4) is 0 Å². The van der Waals surface area contributed by atoms with E-state index in [1.165, 1.54) is 23.6 Å². The standard InChI is InChI=1S/C21H22FN5OS/c1-13-10-14(5-9-24-17(13)20-26-11-16(29-20)19(23)28)27-12-21(6-3-7-21)18-15(22)4-2-8-25-18/h2,4,8,10-11H,3,5-7,9,12H2,1H3,(H2,23,28). The molecule has 1 amide bonds. The largest absolute Gasteiger partial charge is 0.365 e. The zero-order chi connectivity index (χ0) is 20.4. The number of nitrogens with zero attached hydrogens (tertiary/aromatic N) is 4. The molecule has 0 atom stereocenters. The SMILES string of the molecule is CC1=CC(=NCC2(c3ncccc3F)CCC2)CCN=C1c1ncc(C(N)=O)s1. The molecule has 1 saturated carbocycles. The molecular weight excluding hydrogens is 389 g/mol. The van der Waals surface area contributed by atoms with Gasteiger partial charge in [-0.25, -0.2) is 9.37 Å². The first kappa shape index (κ1) is 19.6. The summed E-state index contributed by atoms with van der Waals surface area (Å²) < 4.78 is 14.3. The van der Waals surface area contributed by atoms with Gasteiger partial charge in [0.1, 0.15) is 15.7 Å². The van der Waals surface area contributed by atoms with E-state index in [1.807, 2.05) is 13.0 Å². The maximum atomic E-state index is 14.3. The number of aromatic nitrogens is 2. The summed E-state index contributed by atoms with van der Waals surface area (Å²) in [5.74, 6) is -0.737. The molecule has 1 fully saturated rings. The number of halogens is 1. The van der Waals surface area contributed by atoms with Crippen LogP contribution in [-0.4, -0.2) is 40.4 Å². The maximum Gasteiger partial charge on any atom is 0.260 e. The fourth-order valence-corrected chi connectivity index (χ4v) is 4.60. The number of rotatable bonds is 5. The van der Waals surface area contributed by atoms with Crippen molar-refractivity contribution in [2.24, 2.45) is 15.7 Å². The molecule has 4 rings (SSSR count). The topological polar surface area (TPSA) is 93.6 Å². The Kier molecular flexibility index (Phi) is 5.36. The Labute approximate surface area is 172 Å². The molecule has 2 N–H and O–H groups in total.